The average molecular weight is 334 g/mol. The molecule has 25 heavy (non-hydrogen) atoms. The van der Waals surface area contributed by atoms with Crippen LogP contribution in [-0.4, -0.2) is 25.0 Å². The van der Waals surface area contributed by atoms with E-state index < -0.39 is 0 Å². The van der Waals surface area contributed by atoms with Gasteiger partial charge in [0.2, 0.25) is 5.91 Å². The Hall–Kier alpha value is -3.00. The summed E-state index contributed by atoms with van der Waals surface area (Å²) in [4.78, 5) is 14.7. The van der Waals surface area contributed by atoms with Crippen LogP contribution >= 0.6 is 0 Å². The van der Waals surface area contributed by atoms with E-state index in [1.807, 2.05) is 19.1 Å². The molecule has 0 aromatic heterocycles. The van der Waals surface area contributed by atoms with Gasteiger partial charge in [-0.3, -0.25) is 4.79 Å². The highest BCUT2D eigenvalue weighted by atomic mass is 16.2. The largest absolute Gasteiger partial charge is 0.374 e. The lowest BCUT2D eigenvalue weighted by Gasteiger charge is -2.19. The number of rotatable bonds is 5. The molecule has 3 rings (SSSR count). The zero-order chi connectivity index (χ0) is 17.6. The van der Waals surface area contributed by atoms with Crippen LogP contribution in [0.15, 0.2) is 48.5 Å². The van der Waals surface area contributed by atoms with Crippen molar-refractivity contribution in [2.75, 3.05) is 28.6 Å². The van der Waals surface area contributed by atoms with Crippen molar-refractivity contribution in [1.82, 2.24) is 0 Å². The summed E-state index contributed by atoms with van der Waals surface area (Å²) in [6.07, 6.45) is 2.51. The SMILES string of the molecule is C[C@H](Nc1ccc(N2CCCC2)cc1)C(=O)Nc1ccc(C#N)cc1. The van der Waals surface area contributed by atoms with Gasteiger partial charge in [0.1, 0.15) is 6.04 Å². The van der Waals surface area contributed by atoms with E-state index in [0.29, 0.717) is 11.3 Å². The third kappa shape index (κ3) is 4.30. The number of amides is 1. The van der Waals surface area contributed by atoms with Crippen LogP contribution in [0.25, 0.3) is 0 Å². The van der Waals surface area contributed by atoms with Gasteiger partial charge in [0.05, 0.1) is 11.6 Å². The number of carbonyl (C=O) groups is 1. The highest BCUT2D eigenvalue weighted by Crippen LogP contribution is 2.22. The number of nitriles is 1. The van der Waals surface area contributed by atoms with E-state index in [4.69, 9.17) is 5.26 Å². The number of benzene rings is 2. The van der Waals surface area contributed by atoms with Crippen LogP contribution in [-0.2, 0) is 4.79 Å². The molecule has 2 N–H and O–H groups in total. The van der Waals surface area contributed by atoms with Crippen LogP contribution in [0.2, 0.25) is 0 Å². The van der Waals surface area contributed by atoms with Crippen LogP contribution in [0.1, 0.15) is 25.3 Å². The number of hydrogen-bond acceptors (Lipinski definition) is 4. The minimum absolute atomic E-state index is 0.117. The minimum atomic E-state index is -0.367. The molecule has 0 radical (unpaired) electrons. The molecule has 1 heterocycles. The van der Waals surface area contributed by atoms with Crippen molar-refractivity contribution in [3.8, 4) is 6.07 Å². The first-order chi connectivity index (χ1) is 12.2. The molecule has 2 aromatic carbocycles. The molecule has 5 heteroatoms. The molecular formula is C20H22N4O. The number of carbonyl (C=O) groups excluding carboxylic acids is 1. The van der Waals surface area contributed by atoms with E-state index >= 15 is 0 Å². The van der Waals surface area contributed by atoms with Crippen molar-refractivity contribution < 1.29 is 4.79 Å². The van der Waals surface area contributed by atoms with Crippen LogP contribution < -0.4 is 15.5 Å². The van der Waals surface area contributed by atoms with Gasteiger partial charge in [-0.15, -0.1) is 0 Å². The molecule has 1 fully saturated rings. The van der Waals surface area contributed by atoms with Crippen molar-refractivity contribution in [3.05, 3.63) is 54.1 Å². The second-order valence-corrected chi connectivity index (χ2v) is 6.29. The van der Waals surface area contributed by atoms with Gasteiger partial charge < -0.3 is 15.5 Å². The van der Waals surface area contributed by atoms with Crippen molar-refractivity contribution in [2.24, 2.45) is 0 Å². The first-order valence-electron chi connectivity index (χ1n) is 8.58. The van der Waals surface area contributed by atoms with Crippen molar-refractivity contribution in [2.45, 2.75) is 25.8 Å². The molecule has 128 valence electrons. The van der Waals surface area contributed by atoms with Gasteiger partial charge >= 0.3 is 0 Å². The molecule has 1 atom stereocenters. The van der Waals surface area contributed by atoms with Gasteiger partial charge in [-0.05, 0) is 68.3 Å². The number of nitrogens with one attached hydrogen (secondary N) is 2. The van der Waals surface area contributed by atoms with Crippen LogP contribution in [0, 0.1) is 11.3 Å². The molecule has 0 aliphatic carbocycles. The number of hydrogen-bond donors (Lipinski definition) is 2. The maximum Gasteiger partial charge on any atom is 0.246 e. The Labute approximate surface area is 148 Å². The summed E-state index contributed by atoms with van der Waals surface area (Å²) in [7, 11) is 0. The third-order valence-electron chi connectivity index (χ3n) is 4.40. The fourth-order valence-electron chi connectivity index (χ4n) is 2.94. The molecule has 0 bridgehead atoms. The predicted molar refractivity (Wildman–Crippen MR) is 101 cm³/mol. The number of anilines is 3. The van der Waals surface area contributed by atoms with E-state index in [9.17, 15) is 4.79 Å². The first kappa shape index (κ1) is 16.8. The highest BCUT2D eigenvalue weighted by molar-refractivity contribution is 5.96. The zero-order valence-corrected chi connectivity index (χ0v) is 14.3. The Morgan fingerprint density at radius 3 is 2.24 bits per heavy atom. The van der Waals surface area contributed by atoms with Gasteiger partial charge in [-0.25, -0.2) is 0 Å². The maximum atomic E-state index is 12.3. The Morgan fingerprint density at radius 1 is 1.04 bits per heavy atom. The van der Waals surface area contributed by atoms with Crippen molar-refractivity contribution >= 4 is 23.0 Å². The normalized spacial score (nSPS) is 14.6. The van der Waals surface area contributed by atoms with E-state index in [2.05, 4.69) is 33.7 Å². The Bertz CT molecular complexity index is 756. The highest BCUT2D eigenvalue weighted by Gasteiger charge is 2.14. The molecule has 1 saturated heterocycles. The molecule has 1 aliphatic rings. The molecule has 0 spiro atoms. The van der Waals surface area contributed by atoms with Crippen LogP contribution in [0.3, 0.4) is 0 Å². The second-order valence-electron chi connectivity index (χ2n) is 6.29. The fraction of sp³-hybridized carbons (Fsp3) is 0.300. The van der Waals surface area contributed by atoms with Crippen LogP contribution in [0.5, 0.6) is 0 Å². The average Bonchev–Trinajstić information content (AvgIpc) is 3.17. The fourth-order valence-corrected chi connectivity index (χ4v) is 2.94. The molecule has 5 nitrogen and oxygen atoms in total. The molecule has 1 aliphatic heterocycles. The first-order valence-corrected chi connectivity index (χ1v) is 8.58. The summed E-state index contributed by atoms with van der Waals surface area (Å²) in [6, 6.07) is 16.7. The van der Waals surface area contributed by atoms with Crippen molar-refractivity contribution in [1.29, 1.82) is 5.26 Å². The van der Waals surface area contributed by atoms with Crippen molar-refractivity contribution in [3.63, 3.8) is 0 Å². The summed E-state index contributed by atoms with van der Waals surface area (Å²) in [5, 5.41) is 14.9. The minimum Gasteiger partial charge on any atom is -0.374 e. The second kappa shape index (κ2) is 7.71. The molecular weight excluding hydrogens is 312 g/mol. The molecule has 1 amide bonds. The lowest BCUT2D eigenvalue weighted by Crippen LogP contribution is -2.31. The summed E-state index contributed by atoms with van der Waals surface area (Å²) in [5.74, 6) is -0.117. The zero-order valence-electron chi connectivity index (χ0n) is 14.3. The summed E-state index contributed by atoms with van der Waals surface area (Å²) in [6.45, 7) is 4.07. The van der Waals surface area contributed by atoms with Gasteiger partial charge in [0.25, 0.3) is 0 Å². The van der Waals surface area contributed by atoms with Gasteiger partial charge in [-0.2, -0.15) is 5.26 Å². The Kier molecular flexibility index (Phi) is 5.20. The van der Waals surface area contributed by atoms with Gasteiger partial charge in [0, 0.05) is 30.2 Å². The molecule has 0 saturated carbocycles. The van der Waals surface area contributed by atoms with E-state index in [-0.39, 0.29) is 11.9 Å². The van der Waals surface area contributed by atoms with Gasteiger partial charge in [0.15, 0.2) is 0 Å². The monoisotopic (exact) mass is 334 g/mol. The topological polar surface area (TPSA) is 68.2 Å². The molecule has 2 aromatic rings. The smallest absolute Gasteiger partial charge is 0.246 e. The maximum absolute atomic E-state index is 12.3. The third-order valence-corrected chi connectivity index (χ3v) is 4.40. The standard InChI is InChI=1S/C20H22N4O/c1-15(20(25)23-18-6-4-16(14-21)5-7-18)22-17-8-10-19(11-9-17)24-12-2-3-13-24/h4-11,15,22H,2-3,12-13H2,1H3,(H,23,25)/t15-/m0/s1. The van der Waals surface area contributed by atoms with E-state index in [1.54, 1.807) is 24.3 Å². The molecule has 0 unspecified atom stereocenters. The Morgan fingerprint density at radius 2 is 1.64 bits per heavy atom. The summed E-state index contributed by atoms with van der Waals surface area (Å²) < 4.78 is 0. The number of nitrogens with zero attached hydrogens (tertiary/aromatic N) is 2. The quantitative estimate of drug-likeness (QED) is 0.877. The lowest BCUT2D eigenvalue weighted by atomic mass is 10.2. The van der Waals surface area contributed by atoms with E-state index in [0.717, 1.165) is 18.8 Å². The predicted octanol–water partition coefficient (Wildman–Crippen LogP) is 3.60. The summed E-state index contributed by atoms with van der Waals surface area (Å²) >= 11 is 0. The summed E-state index contributed by atoms with van der Waals surface area (Å²) in [5.41, 5.74) is 3.41. The van der Waals surface area contributed by atoms with Crippen LogP contribution in [0.4, 0.5) is 17.1 Å². The Balaban J connectivity index is 1.56. The van der Waals surface area contributed by atoms with Gasteiger partial charge in [-0.1, -0.05) is 0 Å². The lowest BCUT2D eigenvalue weighted by molar-refractivity contribution is -0.116. The van der Waals surface area contributed by atoms with E-state index in [1.165, 1.54) is 18.5 Å².